The lowest BCUT2D eigenvalue weighted by molar-refractivity contribution is -0.458. The number of Topliss-reactive ketones (excluding diaryl/α,β-unsaturated/α-hetero) is 1. The Kier molecular flexibility index (Phi) is 12.9. The highest BCUT2D eigenvalue weighted by molar-refractivity contribution is 7.98. The van der Waals surface area contributed by atoms with Crippen LogP contribution in [-0.2, 0) is 25.8 Å². The highest BCUT2D eigenvalue weighted by Crippen LogP contribution is 2.64. The van der Waals surface area contributed by atoms with Crippen LogP contribution in [-0.4, -0.2) is 82.0 Å². The smallest absolute Gasteiger partial charge is 0.460 e. The quantitative estimate of drug-likeness (QED) is 0.123. The Morgan fingerprint density at radius 1 is 0.571 bits per heavy atom. The molecule has 0 aromatic carbocycles. The van der Waals surface area contributed by atoms with Crippen LogP contribution in [0.3, 0.4) is 0 Å². The van der Waals surface area contributed by atoms with Gasteiger partial charge in [-0.3, -0.25) is 4.79 Å². The van der Waals surface area contributed by atoms with Crippen LogP contribution >= 0.6 is 0 Å². The van der Waals surface area contributed by atoms with Gasteiger partial charge in [0.15, 0.2) is 21.7 Å². The van der Waals surface area contributed by atoms with Crippen molar-refractivity contribution in [2.24, 2.45) is 5.92 Å². The minimum atomic E-state index is -8.92. The number of carbonyl (C=O) groups excluding carboxylic acids is 1. The molecule has 23 heteroatoms. The van der Waals surface area contributed by atoms with Gasteiger partial charge in [0.05, 0.1) is 0 Å². The summed E-state index contributed by atoms with van der Waals surface area (Å²) < 4.78 is 244. The molecule has 0 amide bonds. The Bertz CT molecular complexity index is 1030. The van der Waals surface area contributed by atoms with Gasteiger partial charge in [-0.2, -0.15) is 74.6 Å². The van der Waals surface area contributed by atoms with E-state index in [2.05, 4.69) is 27.7 Å². The molecule has 0 aliphatic carbocycles. The normalized spacial score (nSPS) is 15.4. The lowest BCUT2D eigenvalue weighted by Crippen LogP contribution is -2.75. The number of hydrogen-bond acceptors (Lipinski definition) is 4. The molecular weight excluding hydrogens is 679 g/mol. The highest BCUT2D eigenvalue weighted by atomic mass is 32.2. The van der Waals surface area contributed by atoms with Crippen LogP contribution in [0.25, 0.3) is 0 Å². The molecule has 0 fully saturated rings. The summed E-state index contributed by atoms with van der Waals surface area (Å²) in [6.07, 6.45) is -7.89. The average molecular weight is 702 g/mol. The van der Waals surface area contributed by atoms with Crippen LogP contribution in [0.5, 0.6) is 0 Å². The molecule has 0 unspecified atom stereocenters. The van der Waals surface area contributed by atoms with Gasteiger partial charge in [0.25, 0.3) is 0 Å². The molecule has 0 N–H and O–H groups in total. The lowest BCUT2D eigenvalue weighted by atomic mass is 9.91. The maximum atomic E-state index is 13.0. The zero-order chi connectivity index (χ0) is 35.1. The SMILES string of the molecule is CC(C)C(=O)C[S+](C(C)C)C(C)C.O=S(=O)([O-])C(F)(F)C(F)(F)C(F)(F)C(F)(F)C(F)(F)C(F)(F)C(F)(F)C(F)(F)F. The van der Waals surface area contributed by atoms with Gasteiger partial charge in [-0.15, -0.1) is 0 Å². The molecule has 0 heterocycles. The van der Waals surface area contributed by atoms with Crippen LogP contribution in [0.15, 0.2) is 0 Å². The first kappa shape index (κ1) is 42.9. The second-order valence-corrected chi connectivity index (χ2v) is 13.8. The fourth-order valence-corrected chi connectivity index (χ4v) is 5.37. The Morgan fingerprint density at radius 2 is 0.833 bits per heavy atom. The third kappa shape index (κ3) is 7.33. The minimum absolute atomic E-state index is 0.201. The molecular formula is C19H23F17O4S2. The summed E-state index contributed by atoms with van der Waals surface area (Å²) >= 11 is 0. The Balaban J connectivity index is 0. The molecule has 0 radical (unpaired) electrons. The molecule has 254 valence electrons. The van der Waals surface area contributed by atoms with Gasteiger partial charge in [-0.05, 0) is 38.6 Å². The summed E-state index contributed by atoms with van der Waals surface area (Å²) in [6.45, 7) is 12.9. The fourth-order valence-electron chi connectivity index (χ4n) is 2.52. The third-order valence-electron chi connectivity index (χ3n) is 5.17. The van der Waals surface area contributed by atoms with E-state index in [1.807, 2.05) is 13.8 Å². The zero-order valence-corrected chi connectivity index (χ0v) is 23.4. The summed E-state index contributed by atoms with van der Waals surface area (Å²) in [7, 11) is -7.87. The van der Waals surface area contributed by atoms with E-state index in [1.54, 1.807) is 0 Å². The van der Waals surface area contributed by atoms with Crippen LogP contribution in [0.2, 0.25) is 0 Å². The number of halogens is 17. The van der Waals surface area contributed by atoms with Gasteiger partial charge < -0.3 is 4.55 Å². The van der Waals surface area contributed by atoms with Crippen molar-refractivity contribution >= 4 is 26.8 Å². The van der Waals surface area contributed by atoms with Crippen molar-refractivity contribution in [3.8, 4) is 0 Å². The standard InChI is InChI=1S/C11H23OS.C8HF17O3S/c1-8(2)11(12)7-13(9(3)4)10(5)6;9-1(10,3(13,14)5(17,18)7(21,22)23)2(11,12)4(15,16)6(19,20)8(24,25)29(26,27)28/h8-10H,7H2,1-6H3;(H,26,27,28)/q+1;/p-1. The van der Waals surface area contributed by atoms with Crippen molar-refractivity contribution in [3.63, 3.8) is 0 Å². The van der Waals surface area contributed by atoms with E-state index in [-0.39, 0.29) is 16.8 Å². The molecule has 0 spiro atoms. The van der Waals surface area contributed by atoms with E-state index < -0.39 is 57.1 Å². The van der Waals surface area contributed by atoms with Gasteiger partial charge in [0, 0.05) is 5.92 Å². The van der Waals surface area contributed by atoms with Crippen molar-refractivity contribution in [2.45, 2.75) is 99.0 Å². The highest BCUT2D eigenvalue weighted by Gasteiger charge is 2.95. The topological polar surface area (TPSA) is 74.3 Å². The van der Waals surface area contributed by atoms with E-state index in [9.17, 15) is 92.4 Å². The predicted octanol–water partition coefficient (Wildman–Crippen LogP) is 7.15. The second-order valence-electron chi connectivity index (χ2n) is 9.25. The summed E-state index contributed by atoms with van der Waals surface area (Å²) in [5.41, 5.74) is 0. The molecule has 0 aliphatic rings. The average Bonchev–Trinajstić information content (AvgIpc) is 2.74. The maximum absolute atomic E-state index is 13.0. The molecule has 0 atom stereocenters. The first-order valence-corrected chi connectivity index (χ1v) is 13.7. The monoisotopic (exact) mass is 702 g/mol. The Hall–Kier alpha value is -1.26. The molecule has 0 rings (SSSR count). The third-order valence-corrected chi connectivity index (χ3v) is 9.10. The number of carbonyl (C=O) groups is 1. The Labute approximate surface area is 230 Å². The molecule has 0 saturated carbocycles. The van der Waals surface area contributed by atoms with Gasteiger partial charge in [0.1, 0.15) is 10.5 Å². The molecule has 0 bridgehead atoms. The first-order valence-electron chi connectivity index (χ1n) is 10.7. The molecule has 0 aromatic rings. The largest absolute Gasteiger partial charge is 0.743 e. The molecule has 0 aromatic heterocycles. The molecule has 0 aliphatic heterocycles. The van der Waals surface area contributed by atoms with E-state index in [1.165, 1.54) is 0 Å². The number of rotatable bonds is 12. The minimum Gasteiger partial charge on any atom is -0.743 e. The van der Waals surface area contributed by atoms with Crippen molar-refractivity contribution in [1.29, 1.82) is 0 Å². The van der Waals surface area contributed by atoms with E-state index in [0.717, 1.165) is 5.75 Å². The van der Waals surface area contributed by atoms with Crippen LogP contribution in [0, 0.1) is 5.92 Å². The van der Waals surface area contributed by atoms with E-state index in [0.29, 0.717) is 16.3 Å². The van der Waals surface area contributed by atoms with Crippen LogP contribution < -0.4 is 0 Å². The summed E-state index contributed by atoms with van der Waals surface area (Å²) in [5.74, 6) is -50.7. The van der Waals surface area contributed by atoms with Gasteiger partial charge in [0.2, 0.25) is 0 Å². The summed E-state index contributed by atoms with van der Waals surface area (Å²) in [5, 5.41) is -6.67. The predicted molar refractivity (Wildman–Crippen MR) is 113 cm³/mol. The Morgan fingerprint density at radius 3 is 1.05 bits per heavy atom. The number of alkyl halides is 17. The lowest BCUT2D eigenvalue weighted by Gasteiger charge is -2.42. The van der Waals surface area contributed by atoms with E-state index >= 15 is 0 Å². The van der Waals surface area contributed by atoms with Crippen molar-refractivity contribution in [3.05, 3.63) is 0 Å². The van der Waals surface area contributed by atoms with Gasteiger partial charge in [-0.1, -0.05) is 13.8 Å². The van der Waals surface area contributed by atoms with Crippen LogP contribution in [0.4, 0.5) is 74.6 Å². The van der Waals surface area contributed by atoms with Crippen molar-refractivity contribution in [2.75, 3.05) is 5.75 Å². The number of hydrogen-bond donors (Lipinski definition) is 0. The maximum Gasteiger partial charge on any atom is 0.460 e. The van der Waals surface area contributed by atoms with Crippen LogP contribution in [0.1, 0.15) is 41.5 Å². The molecule has 42 heavy (non-hydrogen) atoms. The molecule has 4 nitrogen and oxygen atoms in total. The fraction of sp³-hybridized carbons (Fsp3) is 0.947. The summed E-state index contributed by atoms with van der Waals surface area (Å²) in [4.78, 5) is 11.6. The van der Waals surface area contributed by atoms with Crippen molar-refractivity contribution < 1.29 is 92.4 Å². The van der Waals surface area contributed by atoms with Gasteiger partial charge in [-0.25, -0.2) is 8.42 Å². The summed E-state index contributed by atoms with van der Waals surface area (Å²) in [6, 6.07) is 0. The van der Waals surface area contributed by atoms with Gasteiger partial charge >= 0.3 is 47.0 Å². The van der Waals surface area contributed by atoms with E-state index in [4.69, 9.17) is 0 Å². The zero-order valence-electron chi connectivity index (χ0n) is 21.8. The second kappa shape index (κ2) is 12.6. The molecule has 0 saturated heterocycles. The van der Waals surface area contributed by atoms with Crippen molar-refractivity contribution in [1.82, 2.24) is 0 Å². The number of ketones is 1. The first-order chi connectivity index (χ1) is 17.9.